The van der Waals surface area contributed by atoms with E-state index in [1.165, 1.54) is 0 Å². The van der Waals surface area contributed by atoms with Crippen molar-refractivity contribution < 1.29 is 4.74 Å². The molecule has 0 atom stereocenters. The van der Waals surface area contributed by atoms with Gasteiger partial charge < -0.3 is 4.74 Å². The maximum Gasteiger partial charge on any atom is 0.269 e. The Hall–Kier alpha value is -3.04. The summed E-state index contributed by atoms with van der Waals surface area (Å²) in [6.07, 6.45) is 7.14. The van der Waals surface area contributed by atoms with Crippen molar-refractivity contribution in [2.75, 3.05) is 0 Å². The van der Waals surface area contributed by atoms with Crippen LogP contribution >= 0.6 is 0 Å². The molecule has 1 aliphatic rings. The van der Waals surface area contributed by atoms with Crippen molar-refractivity contribution in [1.29, 1.82) is 5.26 Å². The van der Waals surface area contributed by atoms with E-state index >= 15 is 0 Å². The van der Waals surface area contributed by atoms with E-state index in [1.807, 2.05) is 62.4 Å². The van der Waals surface area contributed by atoms with Gasteiger partial charge in [-0.05, 0) is 36.3 Å². The molecule has 0 radical (unpaired) electrons. The highest BCUT2D eigenvalue weighted by Gasteiger charge is 2.10. The lowest BCUT2D eigenvalue weighted by molar-refractivity contribution is 0.318. The van der Waals surface area contributed by atoms with E-state index < -0.39 is 0 Å². The van der Waals surface area contributed by atoms with E-state index in [0.717, 1.165) is 5.56 Å². The predicted octanol–water partition coefficient (Wildman–Crippen LogP) is 5.24. The fraction of sp³-hybridized carbons (Fsp3) is 0.158. The van der Waals surface area contributed by atoms with Crippen molar-refractivity contribution in [3.63, 3.8) is 0 Å². The summed E-state index contributed by atoms with van der Waals surface area (Å²) in [6.45, 7) is 12.8. The second-order valence-electron chi connectivity index (χ2n) is 4.18. The predicted molar refractivity (Wildman–Crippen MR) is 89.0 cm³/mol. The summed E-state index contributed by atoms with van der Waals surface area (Å²) in [5, 5.41) is 8.92. The molecule has 0 spiro atoms. The van der Waals surface area contributed by atoms with E-state index in [4.69, 9.17) is 16.6 Å². The first-order valence-electron chi connectivity index (χ1n) is 7.06. The Morgan fingerprint density at radius 1 is 1.18 bits per heavy atom. The third-order valence-electron chi connectivity index (χ3n) is 2.67. The maximum absolute atomic E-state index is 8.92. The molecular formula is C19H18N2O. The van der Waals surface area contributed by atoms with E-state index in [9.17, 15) is 0 Å². The van der Waals surface area contributed by atoms with Crippen LogP contribution in [0.25, 0.3) is 10.9 Å². The fourth-order valence-corrected chi connectivity index (χ4v) is 1.77. The molecule has 0 amide bonds. The Labute approximate surface area is 132 Å². The number of allylic oxidation sites excluding steroid dienone is 6. The highest BCUT2D eigenvalue weighted by Crippen LogP contribution is 2.23. The molecule has 0 unspecified atom stereocenters. The molecule has 1 heterocycles. The number of hydrogen-bond acceptors (Lipinski definition) is 2. The van der Waals surface area contributed by atoms with E-state index in [1.54, 1.807) is 19.1 Å². The van der Waals surface area contributed by atoms with Gasteiger partial charge in [-0.2, -0.15) is 0 Å². The van der Waals surface area contributed by atoms with Gasteiger partial charge in [-0.15, -0.1) is 0 Å². The lowest BCUT2D eigenvalue weighted by Gasteiger charge is -2.13. The highest BCUT2D eigenvalue weighted by atomic mass is 16.5. The largest absolute Gasteiger partial charge is 0.462 e. The summed E-state index contributed by atoms with van der Waals surface area (Å²) < 4.78 is 5.57. The fourth-order valence-electron chi connectivity index (χ4n) is 1.77. The Bertz CT molecular complexity index is 692. The number of nitrogens with zero attached hydrogens (tertiary/aromatic N) is 2. The zero-order valence-electron chi connectivity index (χ0n) is 13.0. The maximum atomic E-state index is 8.92. The van der Waals surface area contributed by atoms with Gasteiger partial charge in [0.2, 0.25) is 0 Å². The summed E-state index contributed by atoms with van der Waals surface area (Å²) in [7, 11) is 0. The highest BCUT2D eigenvalue weighted by molar-refractivity contribution is 5.55. The number of hydrogen-bond donors (Lipinski definition) is 0. The third-order valence-corrected chi connectivity index (χ3v) is 2.67. The lowest BCUT2D eigenvalue weighted by atomic mass is 10.1. The Morgan fingerprint density at radius 3 is 2.45 bits per heavy atom. The molecule has 2 rings (SSSR count). The Kier molecular flexibility index (Phi) is 6.96. The van der Waals surface area contributed by atoms with E-state index in [2.05, 4.69) is 4.85 Å². The second-order valence-corrected chi connectivity index (χ2v) is 4.18. The molecule has 0 aliphatic carbocycles. The molecule has 1 aliphatic heterocycles. The summed E-state index contributed by atoms with van der Waals surface area (Å²) in [5.74, 6) is 1.27. The number of rotatable bonds is 2. The quantitative estimate of drug-likeness (QED) is 0.551. The van der Waals surface area contributed by atoms with Gasteiger partial charge in [0.1, 0.15) is 11.5 Å². The second kappa shape index (κ2) is 9.00. The smallest absolute Gasteiger partial charge is 0.269 e. The topological polar surface area (TPSA) is 37.4 Å². The summed E-state index contributed by atoms with van der Waals surface area (Å²) in [6, 6.07) is 11.7. The van der Waals surface area contributed by atoms with Gasteiger partial charge in [0.25, 0.3) is 5.70 Å². The van der Waals surface area contributed by atoms with Gasteiger partial charge in [0.15, 0.2) is 0 Å². The lowest BCUT2D eigenvalue weighted by Crippen LogP contribution is -1.96. The molecule has 0 fully saturated rings. The molecule has 0 saturated carbocycles. The van der Waals surface area contributed by atoms with Crippen molar-refractivity contribution in [3.8, 4) is 6.07 Å². The molecule has 0 N–H and O–H groups in total. The van der Waals surface area contributed by atoms with Crippen LogP contribution in [-0.2, 0) is 4.74 Å². The van der Waals surface area contributed by atoms with Gasteiger partial charge in [0, 0.05) is 0 Å². The average molecular weight is 290 g/mol. The van der Waals surface area contributed by atoms with Crippen LogP contribution in [0.5, 0.6) is 0 Å². The third kappa shape index (κ3) is 4.81. The number of benzene rings is 1. The van der Waals surface area contributed by atoms with Crippen LogP contribution in [0.15, 0.2) is 71.3 Å². The standard InChI is InChI=1S/C17H12N2O.C2H6/c1-13-10-15(17(12-18)19-2)11-16(20-13)9-8-14-6-4-3-5-7-14;1-2/h3-11H,1H3;1-2H3/b9-8+,17-15+;. The Balaban J connectivity index is 0.00000116. The number of nitriles is 1. The van der Waals surface area contributed by atoms with Crippen molar-refractivity contribution >= 4 is 6.08 Å². The van der Waals surface area contributed by atoms with Crippen LogP contribution in [0.1, 0.15) is 26.3 Å². The molecule has 1 aromatic rings. The van der Waals surface area contributed by atoms with Crippen LogP contribution in [0, 0.1) is 17.9 Å². The zero-order chi connectivity index (χ0) is 16.4. The molecule has 3 nitrogen and oxygen atoms in total. The summed E-state index contributed by atoms with van der Waals surface area (Å²) >= 11 is 0. The first-order valence-corrected chi connectivity index (χ1v) is 7.06. The van der Waals surface area contributed by atoms with Crippen LogP contribution < -0.4 is 0 Å². The SMILES string of the molecule is CC.[C-]#[N+]/C(C#N)=C1\C=C(C)OC(/C=C/c2ccccc2)=C1. The normalized spacial score (nSPS) is 15.3. The molecule has 0 saturated heterocycles. The monoisotopic (exact) mass is 290 g/mol. The molecule has 110 valence electrons. The molecular weight excluding hydrogens is 272 g/mol. The van der Waals surface area contributed by atoms with Crippen LogP contribution in [0.2, 0.25) is 0 Å². The first kappa shape index (κ1) is 17.0. The van der Waals surface area contributed by atoms with Crippen molar-refractivity contribution in [2.45, 2.75) is 20.8 Å². The number of ether oxygens (including phenoxy) is 1. The van der Waals surface area contributed by atoms with Gasteiger partial charge in [-0.1, -0.05) is 50.3 Å². The molecule has 0 bridgehead atoms. The Morgan fingerprint density at radius 2 is 1.86 bits per heavy atom. The van der Waals surface area contributed by atoms with Crippen molar-refractivity contribution in [3.05, 3.63) is 88.3 Å². The summed E-state index contributed by atoms with van der Waals surface area (Å²) in [5.41, 5.74) is 1.71. The van der Waals surface area contributed by atoms with Crippen LogP contribution in [-0.4, -0.2) is 0 Å². The molecule has 0 aromatic heterocycles. The average Bonchev–Trinajstić information content (AvgIpc) is 2.56. The van der Waals surface area contributed by atoms with Gasteiger partial charge in [-0.3, -0.25) is 0 Å². The van der Waals surface area contributed by atoms with Crippen molar-refractivity contribution in [2.24, 2.45) is 0 Å². The first-order chi connectivity index (χ1) is 10.7. The summed E-state index contributed by atoms with van der Waals surface area (Å²) in [4.78, 5) is 3.22. The molecule has 3 heteroatoms. The zero-order valence-corrected chi connectivity index (χ0v) is 13.0. The van der Waals surface area contributed by atoms with E-state index in [0.29, 0.717) is 17.1 Å². The molecule has 22 heavy (non-hydrogen) atoms. The van der Waals surface area contributed by atoms with Gasteiger partial charge in [0.05, 0.1) is 12.6 Å². The van der Waals surface area contributed by atoms with Gasteiger partial charge >= 0.3 is 0 Å². The minimum absolute atomic E-state index is 0.0678. The van der Waals surface area contributed by atoms with Crippen LogP contribution in [0.3, 0.4) is 0 Å². The van der Waals surface area contributed by atoms with Gasteiger partial charge in [-0.25, -0.2) is 10.1 Å². The van der Waals surface area contributed by atoms with E-state index in [-0.39, 0.29) is 5.70 Å². The minimum Gasteiger partial charge on any atom is -0.462 e. The molecule has 1 aromatic carbocycles. The van der Waals surface area contributed by atoms with Crippen molar-refractivity contribution in [1.82, 2.24) is 0 Å². The van der Waals surface area contributed by atoms with Crippen LogP contribution in [0.4, 0.5) is 0 Å². The minimum atomic E-state index is 0.0678.